The highest BCUT2D eigenvalue weighted by Crippen LogP contribution is 2.30. The Bertz CT molecular complexity index is 852. The van der Waals surface area contributed by atoms with Crippen LogP contribution in [0, 0.1) is 24.0 Å². The molecular formula is C17H17N3O4S. The second-order valence-electron chi connectivity index (χ2n) is 5.46. The molecule has 0 radical (unpaired) electrons. The van der Waals surface area contributed by atoms with Crippen LogP contribution >= 0.6 is 11.8 Å². The zero-order valence-electron chi connectivity index (χ0n) is 13.7. The number of nitrogens with two attached hydrogens (primary N) is 1. The number of nitro benzene ring substituents is 1. The van der Waals surface area contributed by atoms with E-state index in [1.165, 1.54) is 12.1 Å². The molecule has 2 aromatic rings. The molecule has 0 unspecified atom stereocenters. The summed E-state index contributed by atoms with van der Waals surface area (Å²) in [4.78, 5) is 34.1. The summed E-state index contributed by atoms with van der Waals surface area (Å²) in [5, 5.41) is 13.9. The maximum absolute atomic E-state index is 12.1. The smallest absolute Gasteiger partial charge is 0.283 e. The number of carbonyl (C=O) groups is 2. The maximum atomic E-state index is 12.1. The third-order valence-corrected chi connectivity index (χ3v) is 4.53. The van der Waals surface area contributed by atoms with E-state index in [-0.39, 0.29) is 22.9 Å². The van der Waals surface area contributed by atoms with E-state index in [0.29, 0.717) is 10.6 Å². The second-order valence-corrected chi connectivity index (χ2v) is 6.48. The lowest BCUT2D eigenvalue weighted by molar-refractivity contribution is -0.387. The van der Waals surface area contributed by atoms with E-state index in [0.717, 1.165) is 29.0 Å². The van der Waals surface area contributed by atoms with Crippen molar-refractivity contribution in [2.24, 2.45) is 5.73 Å². The van der Waals surface area contributed by atoms with Gasteiger partial charge in [0.25, 0.3) is 5.69 Å². The van der Waals surface area contributed by atoms with Crippen molar-refractivity contribution in [3.8, 4) is 0 Å². The molecule has 130 valence electrons. The lowest BCUT2D eigenvalue weighted by atomic mass is 10.1. The molecule has 0 aromatic heterocycles. The summed E-state index contributed by atoms with van der Waals surface area (Å²) < 4.78 is 0. The van der Waals surface area contributed by atoms with E-state index in [4.69, 9.17) is 5.73 Å². The van der Waals surface area contributed by atoms with Crippen molar-refractivity contribution in [1.82, 2.24) is 0 Å². The molecule has 25 heavy (non-hydrogen) atoms. The monoisotopic (exact) mass is 359 g/mol. The Morgan fingerprint density at radius 1 is 1.20 bits per heavy atom. The van der Waals surface area contributed by atoms with Gasteiger partial charge >= 0.3 is 0 Å². The van der Waals surface area contributed by atoms with Gasteiger partial charge < -0.3 is 11.1 Å². The van der Waals surface area contributed by atoms with Crippen molar-refractivity contribution in [3.63, 3.8) is 0 Å². The third kappa shape index (κ3) is 4.80. The molecule has 0 aliphatic carbocycles. The molecule has 0 saturated carbocycles. The van der Waals surface area contributed by atoms with Gasteiger partial charge in [-0.2, -0.15) is 0 Å². The van der Waals surface area contributed by atoms with E-state index in [1.807, 2.05) is 32.0 Å². The first-order valence-corrected chi connectivity index (χ1v) is 8.34. The highest BCUT2D eigenvalue weighted by Gasteiger charge is 2.18. The lowest BCUT2D eigenvalue weighted by Crippen LogP contribution is -2.15. The summed E-state index contributed by atoms with van der Waals surface area (Å²) in [6, 6.07) is 9.67. The fourth-order valence-electron chi connectivity index (χ4n) is 2.14. The summed E-state index contributed by atoms with van der Waals surface area (Å²) in [5.41, 5.74) is 7.60. The molecule has 2 rings (SSSR count). The molecule has 0 atom stereocenters. The molecule has 0 bridgehead atoms. The average molecular weight is 359 g/mol. The van der Waals surface area contributed by atoms with Crippen LogP contribution < -0.4 is 11.1 Å². The van der Waals surface area contributed by atoms with Gasteiger partial charge in [0.2, 0.25) is 11.8 Å². The lowest BCUT2D eigenvalue weighted by Gasteiger charge is -2.09. The molecule has 3 N–H and O–H groups in total. The van der Waals surface area contributed by atoms with Gasteiger partial charge in [0.05, 0.1) is 15.6 Å². The summed E-state index contributed by atoms with van der Waals surface area (Å²) in [6.07, 6.45) is 0. The highest BCUT2D eigenvalue weighted by atomic mass is 32.2. The van der Waals surface area contributed by atoms with E-state index >= 15 is 0 Å². The van der Waals surface area contributed by atoms with Crippen LogP contribution in [0.15, 0.2) is 41.3 Å². The molecule has 0 aliphatic rings. The van der Waals surface area contributed by atoms with Gasteiger partial charge in [-0.1, -0.05) is 12.1 Å². The van der Waals surface area contributed by atoms with Crippen molar-refractivity contribution in [2.75, 3.05) is 11.1 Å². The summed E-state index contributed by atoms with van der Waals surface area (Å²) in [5.74, 6) is -1.01. The van der Waals surface area contributed by atoms with Gasteiger partial charge in [-0.05, 0) is 43.2 Å². The largest absolute Gasteiger partial charge is 0.366 e. The predicted octanol–water partition coefficient (Wildman–Crippen LogP) is 3.04. The Labute approximate surface area is 148 Å². The molecule has 0 fully saturated rings. The summed E-state index contributed by atoms with van der Waals surface area (Å²) in [6.45, 7) is 3.81. The number of nitrogens with one attached hydrogen (secondary N) is 1. The van der Waals surface area contributed by atoms with Crippen molar-refractivity contribution >= 4 is 35.0 Å². The number of benzene rings is 2. The van der Waals surface area contributed by atoms with Crippen LogP contribution in [-0.4, -0.2) is 22.5 Å². The van der Waals surface area contributed by atoms with E-state index in [9.17, 15) is 19.7 Å². The van der Waals surface area contributed by atoms with Gasteiger partial charge in [0.15, 0.2) is 0 Å². The Kier molecular flexibility index (Phi) is 5.76. The van der Waals surface area contributed by atoms with Crippen LogP contribution in [0.4, 0.5) is 11.4 Å². The first-order chi connectivity index (χ1) is 11.8. The third-order valence-electron chi connectivity index (χ3n) is 3.47. The number of hydrogen-bond donors (Lipinski definition) is 2. The minimum Gasteiger partial charge on any atom is -0.366 e. The zero-order valence-corrected chi connectivity index (χ0v) is 14.6. The fourth-order valence-corrected chi connectivity index (χ4v) is 2.94. The standard InChI is InChI=1S/C17H17N3O4S/c1-10-3-4-11(2)13(7-10)19-16(21)9-25-15-6-5-12(17(18)22)8-14(15)20(23)24/h3-8H,9H2,1-2H3,(H2,18,22)(H,19,21). The van der Waals surface area contributed by atoms with Crippen molar-refractivity contribution < 1.29 is 14.5 Å². The van der Waals surface area contributed by atoms with Gasteiger partial charge in [-0.3, -0.25) is 19.7 Å². The van der Waals surface area contributed by atoms with Gasteiger partial charge in [-0.25, -0.2) is 0 Å². The molecule has 2 amide bonds. The molecular weight excluding hydrogens is 342 g/mol. The van der Waals surface area contributed by atoms with Crippen LogP contribution in [0.2, 0.25) is 0 Å². The summed E-state index contributed by atoms with van der Waals surface area (Å²) >= 11 is 1.03. The topological polar surface area (TPSA) is 115 Å². The molecule has 7 nitrogen and oxygen atoms in total. The van der Waals surface area contributed by atoms with Crippen LogP contribution in [0.25, 0.3) is 0 Å². The number of nitro groups is 1. The normalized spacial score (nSPS) is 10.3. The molecule has 0 heterocycles. The fraction of sp³-hybridized carbons (Fsp3) is 0.176. The second kappa shape index (κ2) is 7.80. The van der Waals surface area contributed by atoms with Crippen molar-refractivity contribution in [2.45, 2.75) is 18.7 Å². The van der Waals surface area contributed by atoms with Crippen LogP contribution in [0.1, 0.15) is 21.5 Å². The molecule has 0 saturated heterocycles. The Morgan fingerprint density at radius 3 is 2.56 bits per heavy atom. The van der Waals surface area contributed by atoms with Gasteiger partial charge in [0.1, 0.15) is 0 Å². The predicted molar refractivity (Wildman–Crippen MR) is 96.9 cm³/mol. The number of anilines is 1. The highest BCUT2D eigenvalue weighted by molar-refractivity contribution is 8.00. The number of aryl methyl sites for hydroxylation is 2. The number of hydrogen-bond acceptors (Lipinski definition) is 5. The molecule has 2 aromatic carbocycles. The minimum absolute atomic E-state index is 0.00411. The maximum Gasteiger partial charge on any atom is 0.283 e. The van der Waals surface area contributed by atoms with Crippen LogP contribution in [0.3, 0.4) is 0 Å². The Hall–Kier alpha value is -2.87. The Balaban J connectivity index is 2.10. The van der Waals surface area contributed by atoms with Crippen LogP contribution in [-0.2, 0) is 4.79 Å². The number of thioether (sulfide) groups is 1. The van der Waals surface area contributed by atoms with Crippen molar-refractivity contribution in [3.05, 3.63) is 63.2 Å². The van der Waals surface area contributed by atoms with E-state index in [2.05, 4.69) is 5.32 Å². The van der Waals surface area contributed by atoms with Crippen molar-refractivity contribution in [1.29, 1.82) is 0 Å². The Morgan fingerprint density at radius 2 is 1.92 bits per heavy atom. The van der Waals surface area contributed by atoms with Gasteiger partial charge in [0, 0.05) is 17.3 Å². The zero-order chi connectivity index (χ0) is 18.6. The SMILES string of the molecule is Cc1ccc(C)c(NC(=O)CSc2ccc(C(N)=O)cc2[N+](=O)[O-])c1. The first kappa shape index (κ1) is 18.5. The van der Waals surface area contributed by atoms with E-state index in [1.54, 1.807) is 0 Å². The average Bonchev–Trinajstić information content (AvgIpc) is 2.56. The van der Waals surface area contributed by atoms with Crippen LogP contribution in [0.5, 0.6) is 0 Å². The number of carbonyl (C=O) groups excluding carboxylic acids is 2. The summed E-state index contributed by atoms with van der Waals surface area (Å²) in [7, 11) is 0. The molecule has 8 heteroatoms. The quantitative estimate of drug-likeness (QED) is 0.467. The number of primary amides is 1. The number of rotatable bonds is 6. The molecule has 0 spiro atoms. The first-order valence-electron chi connectivity index (χ1n) is 7.36. The minimum atomic E-state index is -0.743. The number of amides is 2. The number of nitrogens with zero attached hydrogens (tertiary/aromatic N) is 1. The molecule has 0 aliphatic heterocycles. The van der Waals surface area contributed by atoms with E-state index < -0.39 is 10.8 Å². The van der Waals surface area contributed by atoms with Gasteiger partial charge in [-0.15, -0.1) is 11.8 Å².